The zero-order valence-corrected chi connectivity index (χ0v) is 14.0. The van der Waals surface area contributed by atoms with Gasteiger partial charge in [0.1, 0.15) is 29.6 Å². The molecule has 3 nitrogen and oxygen atoms in total. The van der Waals surface area contributed by atoms with E-state index in [1.165, 1.54) is 18.2 Å². The van der Waals surface area contributed by atoms with Crippen molar-refractivity contribution in [3.8, 4) is 5.75 Å². The summed E-state index contributed by atoms with van der Waals surface area (Å²) in [4.78, 5) is 5.35. The Morgan fingerprint density at radius 1 is 1.17 bits per heavy atom. The molecule has 0 N–H and O–H groups in total. The minimum atomic E-state index is -0.667. The molecule has 3 rings (SSSR count). The second-order valence-electron chi connectivity index (χ2n) is 5.28. The highest BCUT2D eigenvalue weighted by molar-refractivity contribution is 7.98. The van der Waals surface area contributed by atoms with Crippen LogP contribution < -0.4 is 4.74 Å². The van der Waals surface area contributed by atoms with Crippen molar-refractivity contribution < 1.29 is 18.3 Å². The molecule has 0 spiro atoms. The van der Waals surface area contributed by atoms with Crippen LogP contribution in [0.1, 0.15) is 12.0 Å². The zero-order valence-electron chi connectivity index (χ0n) is 13.2. The predicted octanol–water partition coefficient (Wildman–Crippen LogP) is 4.30. The maximum atomic E-state index is 13.8. The highest BCUT2D eigenvalue weighted by Crippen LogP contribution is 2.27. The van der Waals surface area contributed by atoms with Crippen LogP contribution in [-0.4, -0.2) is 31.4 Å². The van der Waals surface area contributed by atoms with Gasteiger partial charge >= 0.3 is 0 Å². The summed E-state index contributed by atoms with van der Waals surface area (Å²) in [6.07, 6.45) is 2.61. The molecular weight excluding hydrogens is 332 g/mol. The van der Waals surface area contributed by atoms with Crippen LogP contribution in [0, 0.1) is 11.6 Å². The summed E-state index contributed by atoms with van der Waals surface area (Å²) in [6, 6.07) is 11.3. The molecule has 1 aliphatic heterocycles. The maximum Gasteiger partial charge on any atom is 0.222 e. The number of thioether (sulfide) groups is 1. The average molecular weight is 349 g/mol. The summed E-state index contributed by atoms with van der Waals surface area (Å²) in [5.74, 6) is -0.479. The minimum Gasteiger partial charge on any atom is -0.492 e. The largest absolute Gasteiger partial charge is 0.492 e. The molecule has 24 heavy (non-hydrogen) atoms. The van der Waals surface area contributed by atoms with E-state index in [1.807, 2.05) is 30.5 Å². The minimum absolute atomic E-state index is 0.0279. The molecule has 6 heteroatoms. The Balaban J connectivity index is 1.61. The van der Waals surface area contributed by atoms with Gasteiger partial charge in [0.2, 0.25) is 5.90 Å². The number of para-hydroxylation sites is 1. The Labute approximate surface area is 143 Å². The molecule has 0 saturated carbocycles. The van der Waals surface area contributed by atoms with Gasteiger partial charge in [0.15, 0.2) is 0 Å². The monoisotopic (exact) mass is 349 g/mol. The van der Waals surface area contributed by atoms with Crippen LogP contribution >= 0.6 is 11.8 Å². The van der Waals surface area contributed by atoms with Crippen molar-refractivity contribution in [3.63, 3.8) is 0 Å². The first-order valence-electron chi connectivity index (χ1n) is 7.60. The van der Waals surface area contributed by atoms with Crippen molar-refractivity contribution in [1.29, 1.82) is 0 Å². The second kappa shape index (κ2) is 7.66. The number of aliphatic imine (C=N–C) groups is 1. The highest BCUT2D eigenvalue weighted by atomic mass is 32.2. The molecule has 0 bridgehead atoms. The summed E-state index contributed by atoms with van der Waals surface area (Å²) in [7, 11) is 0. The number of ether oxygens (including phenoxy) is 2. The lowest BCUT2D eigenvalue weighted by atomic mass is 10.2. The summed E-state index contributed by atoms with van der Waals surface area (Å²) < 4.78 is 38.7. The van der Waals surface area contributed by atoms with Gasteiger partial charge in [-0.1, -0.05) is 18.2 Å². The molecule has 0 aliphatic carbocycles. The van der Waals surface area contributed by atoms with Crippen molar-refractivity contribution >= 4 is 17.7 Å². The zero-order chi connectivity index (χ0) is 16.9. The normalized spacial score (nSPS) is 16.6. The van der Waals surface area contributed by atoms with E-state index in [4.69, 9.17) is 9.47 Å². The average Bonchev–Trinajstić information content (AvgIpc) is 3.03. The number of rotatable bonds is 6. The molecule has 1 aliphatic rings. The summed E-state index contributed by atoms with van der Waals surface area (Å²) in [6.45, 7) is 0.763. The van der Waals surface area contributed by atoms with Crippen LogP contribution in [0.25, 0.3) is 0 Å². The Morgan fingerprint density at radius 3 is 2.67 bits per heavy atom. The van der Waals surface area contributed by atoms with Gasteiger partial charge in [0, 0.05) is 11.3 Å². The number of hydrogen-bond acceptors (Lipinski definition) is 4. The van der Waals surface area contributed by atoms with E-state index in [1.54, 1.807) is 11.8 Å². The summed E-state index contributed by atoms with van der Waals surface area (Å²) in [5.41, 5.74) is -0.200. The number of hydrogen-bond donors (Lipinski definition) is 0. The highest BCUT2D eigenvalue weighted by Gasteiger charge is 2.25. The first-order chi connectivity index (χ1) is 11.7. The van der Waals surface area contributed by atoms with Gasteiger partial charge in [0.05, 0.1) is 12.6 Å². The van der Waals surface area contributed by atoms with Crippen LogP contribution in [-0.2, 0) is 4.74 Å². The van der Waals surface area contributed by atoms with E-state index in [0.29, 0.717) is 19.6 Å². The molecule has 1 atom stereocenters. The van der Waals surface area contributed by atoms with Gasteiger partial charge in [-0.15, -0.1) is 11.8 Å². The van der Waals surface area contributed by atoms with Crippen LogP contribution in [0.4, 0.5) is 8.78 Å². The van der Waals surface area contributed by atoms with E-state index in [-0.39, 0.29) is 17.5 Å². The van der Waals surface area contributed by atoms with E-state index in [2.05, 4.69) is 4.99 Å². The Morgan fingerprint density at radius 2 is 1.92 bits per heavy atom. The molecule has 0 radical (unpaired) electrons. The first-order valence-corrected chi connectivity index (χ1v) is 8.82. The SMILES string of the molecule is CSc1ccccc1OCCC1COC(c2c(F)cccc2F)=N1. The molecule has 2 aromatic carbocycles. The lowest BCUT2D eigenvalue weighted by Crippen LogP contribution is -2.11. The van der Waals surface area contributed by atoms with E-state index < -0.39 is 11.6 Å². The Bertz CT molecular complexity index is 731. The molecule has 126 valence electrons. The van der Waals surface area contributed by atoms with Crippen molar-refractivity contribution in [2.45, 2.75) is 17.4 Å². The van der Waals surface area contributed by atoms with E-state index in [9.17, 15) is 8.78 Å². The first kappa shape index (κ1) is 16.8. The molecule has 0 amide bonds. The predicted molar refractivity (Wildman–Crippen MR) is 91.0 cm³/mol. The third-order valence-electron chi connectivity index (χ3n) is 3.67. The maximum absolute atomic E-state index is 13.8. The quantitative estimate of drug-likeness (QED) is 0.729. The molecule has 0 saturated heterocycles. The lowest BCUT2D eigenvalue weighted by molar-refractivity contribution is 0.261. The fourth-order valence-corrected chi connectivity index (χ4v) is 2.99. The molecule has 1 unspecified atom stereocenters. The van der Waals surface area contributed by atoms with Gasteiger partial charge < -0.3 is 9.47 Å². The lowest BCUT2D eigenvalue weighted by Gasteiger charge is -2.10. The van der Waals surface area contributed by atoms with Crippen LogP contribution in [0.5, 0.6) is 5.75 Å². The van der Waals surface area contributed by atoms with Crippen LogP contribution in [0.15, 0.2) is 52.4 Å². The van der Waals surface area contributed by atoms with Crippen LogP contribution in [0.2, 0.25) is 0 Å². The van der Waals surface area contributed by atoms with Gasteiger partial charge in [-0.2, -0.15) is 0 Å². The molecule has 1 heterocycles. The summed E-state index contributed by atoms with van der Waals surface area (Å²) >= 11 is 1.62. The molecule has 0 fully saturated rings. The van der Waals surface area contributed by atoms with Crippen molar-refractivity contribution in [3.05, 3.63) is 59.7 Å². The van der Waals surface area contributed by atoms with E-state index in [0.717, 1.165) is 10.6 Å². The van der Waals surface area contributed by atoms with Gasteiger partial charge in [-0.3, -0.25) is 0 Å². The number of nitrogens with zero attached hydrogens (tertiary/aromatic N) is 1. The van der Waals surface area contributed by atoms with Gasteiger partial charge in [-0.05, 0) is 30.5 Å². The Hall–Kier alpha value is -2.08. The van der Waals surface area contributed by atoms with Crippen molar-refractivity contribution in [1.82, 2.24) is 0 Å². The molecular formula is C18H17F2NO2S. The topological polar surface area (TPSA) is 30.8 Å². The van der Waals surface area contributed by atoms with Gasteiger partial charge in [0.25, 0.3) is 0 Å². The van der Waals surface area contributed by atoms with Crippen molar-refractivity contribution in [2.75, 3.05) is 19.5 Å². The molecule has 2 aromatic rings. The third-order valence-corrected chi connectivity index (χ3v) is 4.44. The molecule has 0 aromatic heterocycles. The third kappa shape index (κ3) is 3.70. The Kier molecular flexibility index (Phi) is 5.35. The summed E-state index contributed by atoms with van der Waals surface area (Å²) in [5, 5.41) is 0. The second-order valence-corrected chi connectivity index (χ2v) is 6.13. The van der Waals surface area contributed by atoms with Crippen LogP contribution in [0.3, 0.4) is 0 Å². The number of halogens is 2. The fourth-order valence-electron chi connectivity index (χ4n) is 2.45. The fraction of sp³-hybridized carbons (Fsp3) is 0.278. The van der Waals surface area contributed by atoms with E-state index >= 15 is 0 Å². The standard InChI is InChI=1S/C18H17F2NO2S/c1-24-16-8-3-2-7-15(16)22-10-9-12-11-23-18(21-12)17-13(19)5-4-6-14(17)20/h2-8,12H,9-11H2,1H3. The van der Waals surface area contributed by atoms with Crippen molar-refractivity contribution in [2.24, 2.45) is 4.99 Å². The smallest absolute Gasteiger partial charge is 0.222 e. The number of benzene rings is 2. The van der Waals surface area contributed by atoms with Gasteiger partial charge in [-0.25, -0.2) is 13.8 Å².